The summed E-state index contributed by atoms with van der Waals surface area (Å²) < 4.78 is 12.7. The van der Waals surface area contributed by atoms with Crippen molar-refractivity contribution in [2.24, 2.45) is 7.05 Å². The highest BCUT2D eigenvalue weighted by Crippen LogP contribution is 2.26. The number of aryl methyl sites for hydroxylation is 1. The molecule has 1 aliphatic carbocycles. The van der Waals surface area contributed by atoms with Crippen LogP contribution in [0.5, 0.6) is 10.8 Å². The normalized spacial score (nSPS) is 20.3. The van der Waals surface area contributed by atoms with Gasteiger partial charge in [0.1, 0.15) is 6.10 Å². The number of carbonyl (C=O) groups is 1. The number of ether oxygens (including phenoxy) is 2. The molecule has 0 saturated heterocycles. The van der Waals surface area contributed by atoms with E-state index in [0.717, 1.165) is 25.0 Å². The summed E-state index contributed by atoms with van der Waals surface area (Å²) in [6.45, 7) is 0. The van der Waals surface area contributed by atoms with Crippen molar-refractivity contribution in [3.8, 4) is 10.8 Å². The molecule has 0 bridgehead atoms. The number of nitrogens with one attached hydrogen (secondary N) is 2. The zero-order chi connectivity index (χ0) is 16.2. The summed E-state index contributed by atoms with van der Waals surface area (Å²) in [5, 5.41) is 10.9. The van der Waals surface area contributed by atoms with Crippen LogP contribution in [0.1, 0.15) is 19.3 Å². The first kappa shape index (κ1) is 15.6. The summed E-state index contributed by atoms with van der Waals surface area (Å²) >= 11 is 1.28. The fourth-order valence-corrected chi connectivity index (χ4v) is 3.21. The van der Waals surface area contributed by atoms with Crippen LogP contribution in [0.3, 0.4) is 0 Å². The molecular formula is C14H19N5O3S. The largest absolute Gasteiger partial charge is 0.486 e. The van der Waals surface area contributed by atoms with Crippen molar-refractivity contribution < 1.29 is 14.3 Å². The fraction of sp³-hybridized carbons (Fsp3) is 0.500. The molecule has 2 aromatic rings. The van der Waals surface area contributed by atoms with Crippen molar-refractivity contribution in [1.29, 1.82) is 0 Å². The highest BCUT2D eigenvalue weighted by Gasteiger charge is 2.30. The van der Waals surface area contributed by atoms with Gasteiger partial charge in [0.05, 0.1) is 31.7 Å². The minimum absolute atomic E-state index is 0.0305. The number of anilines is 1. The molecule has 2 aromatic heterocycles. The molecule has 1 aliphatic rings. The third-order valence-corrected chi connectivity index (χ3v) is 4.52. The molecule has 8 nitrogen and oxygen atoms in total. The minimum atomic E-state index is -0.284. The first-order valence-electron chi connectivity index (χ1n) is 7.36. The summed E-state index contributed by atoms with van der Waals surface area (Å²) in [6, 6.07) is -0.314. The number of hydrogen-bond donors (Lipinski definition) is 2. The quantitative estimate of drug-likeness (QED) is 0.871. The van der Waals surface area contributed by atoms with Gasteiger partial charge < -0.3 is 14.8 Å². The Bertz CT molecular complexity index is 671. The van der Waals surface area contributed by atoms with Crippen LogP contribution in [-0.2, 0) is 7.05 Å². The monoisotopic (exact) mass is 337 g/mol. The van der Waals surface area contributed by atoms with E-state index in [1.807, 2.05) is 13.2 Å². The van der Waals surface area contributed by atoms with E-state index in [1.54, 1.807) is 24.2 Å². The number of thiazole rings is 1. The molecule has 2 atom stereocenters. The van der Waals surface area contributed by atoms with Gasteiger partial charge >= 0.3 is 6.03 Å². The van der Waals surface area contributed by atoms with Crippen molar-refractivity contribution in [2.45, 2.75) is 31.4 Å². The standard InChI is InChI=1S/C14H19N5O3S/c1-19-8-9(6-16-19)22-11-5-3-4-10(11)17-13(20)18-14-15-7-12(21-2)23-14/h6-8,10-11H,3-5H2,1-2H3,(H2,15,17,18,20)/t10-,11+/m1/s1. The van der Waals surface area contributed by atoms with E-state index in [4.69, 9.17) is 9.47 Å². The van der Waals surface area contributed by atoms with Gasteiger partial charge in [0.2, 0.25) is 0 Å². The Kier molecular flexibility index (Phi) is 4.65. The Morgan fingerprint density at radius 3 is 3.00 bits per heavy atom. The zero-order valence-electron chi connectivity index (χ0n) is 13.0. The zero-order valence-corrected chi connectivity index (χ0v) is 13.8. The Balaban J connectivity index is 1.54. The number of carbonyl (C=O) groups excluding carboxylic acids is 1. The van der Waals surface area contributed by atoms with E-state index in [1.165, 1.54) is 11.3 Å². The fourth-order valence-electron chi connectivity index (χ4n) is 2.58. The van der Waals surface area contributed by atoms with Gasteiger partial charge in [-0.05, 0) is 19.3 Å². The Morgan fingerprint density at radius 1 is 1.43 bits per heavy atom. The van der Waals surface area contributed by atoms with E-state index in [-0.39, 0.29) is 18.2 Å². The number of hydrogen-bond acceptors (Lipinski definition) is 6. The molecule has 2 amide bonds. The second-order valence-corrected chi connectivity index (χ2v) is 6.32. The number of aromatic nitrogens is 3. The molecule has 1 fully saturated rings. The van der Waals surface area contributed by atoms with Crippen molar-refractivity contribution in [3.05, 3.63) is 18.6 Å². The van der Waals surface area contributed by atoms with Gasteiger partial charge in [-0.25, -0.2) is 9.78 Å². The summed E-state index contributed by atoms with van der Waals surface area (Å²) in [6.07, 6.45) is 7.83. The van der Waals surface area contributed by atoms with Gasteiger partial charge in [-0.2, -0.15) is 5.10 Å². The third-order valence-electron chi connectivity index (χ3n) is 3.64. The van der Waals surface area contributed by atoms with E-state index in [2.05, 4.69) is 20.7 Å². The van der Waals surface area contributed by atoms with E-state index in [9.17, 15) is 4.79 Å². The average Bonchev–Trinajstić information content (AvgIpc) is 3.23. The maximum absolute atomic E-state index is 12.1. The van der Waals surface area contributed by atoms with Gasteiger partial charge in [-0.1, -0.05) is 11.3 Å². The van der Waals surface area contributed by atoms with Crippen LogP contribution in [0.25, 0.3) is 0 Å². The number of nitrogens with zero attached hydrogens (tertiary/aromatic N) is 3. The maximum atomic E-state index is 12.1. The van der Waals surface area contributed by atoms with Gasteiger partial charge in [0.25, 0.3) is 0 Å². The summed E-state index contributed by atoms with van der Waals surface area (Å²) in [5.41, 5.74) is 0. The Morgan fingerprint density at radius 2 is 2.30 bits per heavy atom. The lowest BCUT2D eigenvalue weighted by Crippen LogP contribution is -2.44. The Hall–Kier alpha value is -2.29. The van der Waals surface area contributed by atoms with Crippen LogP contribution in [0.15, 0.2) is 18.6 Å². The SMILES string of the molecule is COc1cnc(NC(=O)N[C@@H]2CCC[C@@H]2Oc2cnn(C)c2)s1. The van der Waals surface area contributed by atoms with Crippen LogP contribution in [0, 0.1) is 0 Å². The van der Waals surface area contributed by atoms with Crippen molar-refractivity contribution in [3.63, 3.8) is 0 Å². The van der Waals surface area contributed by atoms with Crippen molar-refractivity contribution in [1.82, 2.24) is 20.1 Å². The smallest absolute Gasteiger partial charge is 0.321 e. The van der Waals surface area contributed by atoms with Crippen molar-refractivity contribution >= 4 is 22.5 Å². The van der Waals surface area contributed by atoms with Gasteiger partial charge in [-0.3, -0.25) is 10.00 Å². The second-order valence-electron chi connectivity index (χ2n) is 5.33. The van der Waals surface area contributed by atoms with Crippen LogP contribution in [-0.4, -0.2) is 40.1 Å². The predicted molar refractivity (Wildman–Crippen MR) is 86.1 cm³/mol. The number of amides is 2. The van der Waals surface area contributed by atoms with Crippen LogP contribution in [0.4, 0.5) is 9.93 Å². The number of urea groups is 1. The molecule has 2 heterocycles. The molecule has 3 rings (SSSR count). The maximum Gasteiger partial charge on any atom is 0.321 e. The lowest BCUT2D eigenvalue weighted by molar-refractivity contribution is 0.175. The molecule has 0 radical (unpaired) electrons. The highest BCUT2D eigenvalue weighted by atomic mass is 32.1. The molecule has 9 heteroatoms. The molecular weight excluding hydrogens is 318 g/mol. The van der Waals surface area contributed by atoms with Gasteiger partial charge in [0.15, 0.2) is 15.9 Å². The van der Waals surface area contributed by atoms with Gasteiger partial charge in [0, 0.05) is 7.05 Å². The topological polar surface area (TPSA) is 90.3 Å². The lowest BCUT2D eigenvalue weighted by Gasteiger charge is -2.21. The van der Waals surface area contributed by atoms with E-state index in [0.29, 0.717) is 10.2 Å². The molecule has 0 aliphatic heterocycles. The molecule has 124 valence electrons. The summed E-state index contributed by atoms with van der Waals surface area (Å²) in [7, 11) is 3.41. The van der Waals surface area contributed by atoms with Crippen LogP contribution >= 0.6 is 11.3 Å². The molecule has 0 aromatic carbocycles. The predicted octanol–water partition coefficient (Wildman–Crippen LogP) is 2.01. The average molecular weight is 337 g/mol. The molecule has 1 saturated carbocycles. The van der Waals surface area contributed by atoms with Crippen LogP contribution in [0.2, 0.25) is 0 Å². The minimum Gasteiger partial charge on any atom is -0.486 e. The highest BCUT2D eigenvalue weighted by molar-refractivity contribution is 7.17. The Labute approximate surface area is 137 Å². The van der Waals surface area contributed by atoms with Crippen LogP contribution < -0.4 is 20.1 Å². The molecule has 0 unspecified atom stereocenters. The molecule has 0 spiro atoms. The molecule has 2 N–H and O–H groups in total. The number of rotatable bonds is 5. The lowest BCUT2D eigenvalue weighted by atomic mass is 10.2. The first-order chi connectivity index (χ1) is 11.1. The second kappa shape index (κ2) is 6.86. The summed E-state index contributed by atoms with van der Waals surface area (Å²) in [4.78, 5) is 16.2. The van der Waals surface area contributed by atoms with E-state index >= 15 is 0 Å². The van der Waals surface area contributed by atoms with Gasteiger partial charge in [-0.15, -0.1) is 0 Å². The summed E-state index contributed by atoms with van der Waals surface area (Å²) in [5.74, 6) is 0.719. The third kappa shape index (κ3) is 3.92. The number of methoxy groups -OCH3 is 1. The molecule has 23 heavy (non-hydrogen) atoms. The first-order valence-corrected chi connectivity index (χ1v) is 8.18. The van der Waals surface area contributed by atoms with Crippen molar-refractivity contribution in [2.75, 3.05) is 12.4 Å². The van der Waals surface area contributed by atoms with E-state index < -0.39 is 0 Å².